The molecule has 3 nitrogen and oxygen atoms in total. The summed E-state index contributed by atoms with van der Waals surface area (Å²) in [6.45, 7) is 3.43. The van der Waals surface area contributed by atoms with Gasteiger partial charge in [0, 0.05) is 0 Å². The Bertz CT molecular complexity index is 111. The van der Waals surface area contributed by atoms with Crippen molar-refractivity contribution in [3.05, 3.63) is 0 Å². The number of carboxylic acids is 1. The van der Waals surface area contributed by atoms with Crippen LogP contribution in [0.15, 0.2) is 0 Å². The molecule has 0 aliphatic heterocycles. The number of aliphatic carboxylic acids is 1. The molecule has 0 aromatic carbocycles. The molecule has 0 saturated carbocycles. The van der Waals surface area contributed by atoms with Gasteiger partial charge in [0.2, 0.25) is 0 Å². The first-order chi connectivity index (χ1) is 4.57. The van der Waals surface area contributed by atoms with Crippen LogP contribution in [0.4, 0.5) is 0 Å². The molecule has 0 bridgehead atoms. The summed E-state index contributed by atoms with van der Waals surface area (Å²) in [7, 11) is 0. The topological polar surface area (TPSA) is 57.5 Å². The Morgan fingerprint density at radius 1 is 1.60 bits per heavy atom. The van der Waals surface area contributed by atoms with E-state index in [0.29, 0.717) is 12.8 Å². The molecule has 0 aromatic rings. The highest BCUT2D eigenvalue weighted by Crippen LogP contribution is 2.07. The van der Waals surface area contributed by atoms with Crippen molar-refractivity contribution in [2.75, 3.05) is 0 Å². The Kier molecular flexibility index (Phi) is 4.03. The molecule has 60 valence electrons. The van der Waals surface area contributed by atoms with E-state index in [1.165, 1.54) is 0 Å². The lowest BCUT2D eigenvalue weighted by Gasteiger charge is -2.09. The first-order valence-corrected chi connectivity index (χ1v) is 3.48. The van der Waals surface area contributed by atoms with Gasteiger partial charge in [0.1, 0.15) is 0 Å². The summed E-state index contributed by atoms with van der Waals surface area (Å²) in [4.78, 5) is 10.2. The van der Waals surface area contributed by atoms with Crippen molar-refractivity contribution < 1.29 is 15.0 Å². The predicted octanol–water partition coefficient (Wildman–Crippen LogP) is 0.868. The van der Waals surface area contributed by atoms with Crippen LogP contribution in [0.25, 0.3) is 0 Å². The Morgan fingerprint density at radius 2 is 2.10 bits per heavy atom. The van der Waals surface area contributed by atoms with Crippen LogP contribution in [0, 0.1) is 5.92 Å². The average Bonchev–Trinajstić information content (AvgIpc) is 1.87. The molecule has 0 spiro atoms. The van der Waals surface area contributed by atoms with Gasteiger partial charge in [0.15, 0.2) is 0 Å². The van der Waals surface area contributed by atoms with Crippen molar-refractivity contribution in [3.8, 4) is 0 Å². The summed E-state index contributed by atoms with van der Waals surface area (Å²) >= 11 is 0. The molecule has 0 aliphatic carbocycles. The largest absolute Gasteiger partial charge is 0.481 e. The zero-order chi connectivity index (χ0) is 8.15. The molecule has 0 aromatic heterocycles. The van der Waals surface area contributed by atoms with Crippen LogP contribution in [-0.2, 0) is 4.79 Å². The van der Waals surface area contributed by atoms with Crippen LogP contribution in [0.5, 0.6) is 0 Å². The fourth-order valence-electron chi connectivity index (χ4n) is 0.676. The van der Waals surface area contributed by atoms with Crippen LogP contribution in [0.3, 0.4) is 0 Å². The normalized spacial score (nSPS) is 16.3. The molecular weight excluding hydrogens is 132 g/mol. The molecule has 0 aliphatic rings. The van der Waals surface area contributed by atoms with E-state index < -0.39 is 18.0 Å². The molecule has 2 atom stereocenters. The molecule has 10 heavy (non-hydrogen) atoms. The maximum Gasteiger partial charge on any atom is 0.306 e. The molecule has 0 amide bonds. The van der Waals surface area contributed by atoms with E-state index in [-0.39, 0.29) is 0 Å². The highest BCUT2D eigenvalue weighted by molar-refractivity contribution is 5.69. The molecule has 0 heterocycles. The molecule has 0 unspecified atom stereocenters. The number of hydrogen-bond acceptors (Lipinski definition) is 2. The smallest absolute Gasteiger partial charge is 0.306 e. The van der Waals surface area contributed by atoms with E-state index in [2.05, 4.69) is 0 Å². The lowest BCUT2D eigenvalue weighted by molar-refractivity contribution is -0.142. The fraction of sp³-hybridized carbons (Fsp3) is 0.857. The van der Waals surface area contributed by atoms with Crippen LogP contribution in [-0.4, -0.2) is 22.3 Å². The van der Waals surface area contributed by atoms with Gasteiger partial charge in [-0.15, -0.1) is 0 Å². The minimum atomic E-state index is -0.840. The van der Waals surface area contributed by atoms with E-state index in [1.807, 2.05) is 6.92 Å². The number of aliphatic hydroxyl groups is 1. The highest BCUT2D eigenvalue weighted by Gasteiger charge is 2.14. The van der Waals surface area contributed by atoms with Crippen LogP contribution < -0.4 is 0 Å². The number of carbonyl (C=O) groups is 1. The molecule has 0 saturated heterocycles. The monoisotopic (exact) mass is 146 g/mol. The molecular formula is C7H14O3. The molecule has 0 radical (unpaired) electrons. The Labute approximate surface area is 60.7 Å². The summed E-state index contributed by atoms with van der Waals surface area (Å²) in [6.07, 6.45) is 0.509. The minimum absolute atomic E-state index is 0.353. The second kappa shape index (κ2) is 4.28. The van der Waals surface area contributed by atoms with Gasteiger partial charge in [-0.05, 0) is 12.8 Å². The number of aliphatic hydroxyl groups excluding tert-OH is 1. The van der Waals surface area contributed by atoms with Gasteiger partial charge in [-0.2, -0.15) is 0 Å². The Hall–Kier alpha value is -0.570. The average molecular weight is 146 g/mol. The SMILES string of the molecule is CC[C@H](O)C[C@H](C)C(=O)O. The Morgan fingerprint density at radius 3 is 2.40 bits per heavy atom. The number of rotatable bonds is 4. The second-order valence-electron chi connectivity index (χ2n) is 2.54. The Balaban J connectivity index is 3.56. The number of hydrogen-bond donors (Lipinski definition) is 2. The van der Waals surface area contributed by atoms with Gasteiger partial charge in [0.25, 0.3) is 0 Å². The lowest BCUT2D eigenvalue weighted by atomic mass is 10.0. The van der Waals surface area contributed by atoms with Crippen LogP contribution in [0.1, 0.15) is 26.7 Å². The summed E-state index contributed by atoms with van der Waals surface area (Å²) < 4.78 is 0. The third kappa shape index (κ3) is 3.45. The zero-order valence-electron chi connectivity index (χ0n) is 6.37. The highest BCUT2D eigenvalue weighted by atomic mass is 16.4. The van der Waals surface area contributed by atoms with E-state index in [4.69, 9.17) is 10.2 Å². The van der Waals surface area contributed by atoms with E-state index in [1.54, 1.807) is 6.92 Å². The fourth-order valence-corrected chi connectivity index (χ4v) is 0.676. The van der Waals surface area contributed by atoms with Gasteiger partial charge >= 0.3 is 5.97 Å². The summed E-state index contributed by atoms with van der Waals surface area (Å²) in [6, 6.07) is 0. The van der Waals surface area contributed by atoms with Crippen molar-refractivity contribution in [2.45, 2.75) is 32.8 Å². The first-order valence-electron chi connectivity index (χ1n) is 3.48. The zero-order valence-corrected chi connectivity index (χ0v) is 6.37. The summed E-state index contributed by atoms with van der Waals surface area (Å²) in [5.74, 6) is -1.28. The molecule has 0 rings (SSSR count). The van der Waals surface area contributed by atoms with Gasteiger partial charge in [-0.3, -0.25) is 4.79 Å². The van der Waals surface area contributed by atoms with Crippen molar-refractivity contribution in [3.63, 3.8) is 0 Å². The van der Waals surface area contributed by atoms with E-state index in [9.17, 15) is 4.79 Å². The third-order valence-electron chi connectivity index (χ3n) is 1.52. The second-order valence-corrected chi connectivity index (χ2v) is 2.54. The van der Waals surface area contributed by atoms with Gasteiger partial charge < -0.3 is 10.2 Å². The summed E-state index contributed by atoms with van der Waals surface area (Å²) in [5, 5.41) is 17.4. The molecule has 3 heteroatoms. The van der Waals surface area contributed by atoms with Gasteiger partial charge in [-0.25, -0.2) is 0 Å². The van der Waals surface area contributed by atoms with Crippen molar-refractivity contribution >= 4 is 5.97 Å². The lowest BCUT2D eigenvalue weighted by Crippen LogP contribution is -2.17. The van der Waals surface area contributed by atoms with Crippen molar-refractivity contribution in [1.29, 1.82) is 0 Å². The first kappa shape index (κ1) is 9.43. The predicted molar refractivity (Wildman–Crippen MR) is 37.7 cm³/mol. The summed E-state index contributed by atoms with van der Waals surface area (Å²) in [5.41, 5.74) is 0. The quantitative estimate of drug-likeness (QED) is 0.618. The molecule has 0 fully saturated rings. The van der Waals surface area contributed by atoms with Gasteiger partial charge in [-0.1, -0.05) is 13.8 Å². The third-order valence-corrected chi connectivity index (χ3v) is 1.52. The standard InChI is InChI=1S/C7H14O3/c1-3-6(8)4-5(2)7(9)10/h5-6,8H,3-4H2,1-2H3,(H,9,10)/t5-,6-/m0/s1. The molecule has 2 N–H and O–H groups in total. The number of carboxylic acid groups (broad SMARTS) is 1. The maximum atomic E-state index is 10.2. The minimum Gasteiger partial charge on any atom is -0.481 e. The maximum absolute atomic E-state index is 10.2. The van der Waals surface area contributed by atoms with Crippen LogP contribution >= 0.6 is 0 Å². The van der Waals surface area contributed by atoms with Crippen LogP contribution in [0.2, 0.25) is 0 Å². The van der Waals surface area contributed by atoms with E-state index in [0.717, 1.165) is 0 Å². The van der Waals surface area contributed by atoms with E-state index >= 15 is 0 Å². The van der Waals surface area contributed by atoms with Gasteiger partial charge in [0.05, 0.1) is 12.0 Å². The van der Waals surface area contributed by atoms with Crippen molar-refractivity contribution in [1.82, 2.24) is 0 Å². The van der Waals surface area contributed by atoms with Crippen molar-refractivity contribution in [2.24, 2.45) is 5.92 Å².